The molecule has 0 saturated heterocycles. The summed E-state index contributed by atoms with van der Waals surface area (Å²) in [5.41, 5.74) is 2.37. The average Bonchev–Trinajstić information content (AvgIpc) is 3.24. The molecule has 3 rings (SSSR count). The number of aromatic amines is 1. The van der Waals surface area contributed by atoms with Crippen molar-refractivity contribution < 1.29 is 13.2 Å². The molecule has 3 heterocycles. The van der Waals surface area contributed by atoms with Crippen molar-refractivity contribution in [2.24, 2.45) is 5.92 Å². The zero-order chi connectivity index (χ0) is 19.6. The molecular weight excluding hydrogens is 386 g/mol. The van der Waals surface area contributed by atoms with Crippen LogP contribution >= 0.6 is 11.3 Å². The molecule has 8 nitrogen and oxygen atoms in total. The Morgan fingerprint density at radius 3 is 2.89 bits per heavy atom. The average molecular weight is 408 g/mol. The number of aromatic nitrogens is 3. The molecule has 27 heavy (non-hydrogen) atoms. The molecule has 1 amide bonds. The summed E-state index contributed by atoms with van der Waals surface area (Å²) in [6, 6.07) is 2.94. The number of rotatable bonds is 7. The van der Waals surface area contributed by atoms with E-state index in [0.29, 0.717) is 17.2 Å². The Morgan fingerprint density at radius 1 is 1.41 bits per heavy atom. The normalized spacial score (nSPS) is 14.2. The largest absolute Gasteiger partial charge is 0.345 e. The van der Waals surface area contributed by atoms with Crippen molar-refractivity contribution in [3.63, 3.8) is 0 Å². The second kappa shape index (κ2) is 7.75. The predicted octanol–water partition coefficient (Wildman–Crippen LogP) is 2.59. The number of fused-ring (bicyclic) bond motifs is 1. The van der Waals surface area contributed by atoms with Crippen LogP contribution in [0.15, 0.2) is 29.9 Å². The van der Waals surface area contributed by atoms with E-state index >= 15 is 0 Å². The topological polar surface area (TPSA) is 117 Å². The quantitative estimate of drug-likeness (QED) is 0.556. The first-order chi connectivity index (χ1) is 12.8. The number of carbonyl (C=O) groups is 1. The van der Waals surface area contributed by atoms with Crippen LogP contribution < -0.4 is 10.0 Å². The number of nitrogens with zero attached hydrogens (tertiary/aromatic N) is 2. The maximum Gasteiger partial charge on any atom is 0.244 e. The van der Waals surface area contributed by atoms with Crippen LogP contribution in [0.5, 0.6) is 0 Å². The zero-order valence-corrected chi connectivity index (χ0v) is 16.8. The lowest BCUT2D eigenvalue weighted by Gasteiger charge is -2.21. The fourth-order valence-corrected chi connectivity index (χ4v) is 4.21. The lowest BCUT2D eigenvalue weighted by Crippen LogP contribution is -2.47. The van der Waals surface area contributed by atoms with Crippen LogP contribution in [0.3, 0.4) is 0 Å². The third-order valence-electron chi connectivity index (χ3n) is 4.30. The summed E-state index contributed by atoms with van der Waals surface area (Å²) in [4.78, 5) is 24.4. The fourth-order valence-electron chi connectivity index (χ4n) is 2.70. The summed E-state index contributed by atoms with van der Waals surface area (Å²) in [5.74, 6) is -0.574. The molecule has 10 heteroatoms. The standard InChI is InChI=1S/C17H21N5O3S2/c1-4-10(2)14(22-27(3,24)25)16(23)21-17-20-13(9-26-17)12-8-19-15-11(12)6-5-7-18-15/h5-10,14,22H,4H2,1-3H3,(H,18,19)(H,20,21,23)/t10-,14-/m0/s1. The highest BCUT2D eigenvalue weighted by molar-refractivity contribution is 7.88. The number of nitrogens with one attached hydrogen (secondary N) is 3. The highest BCUT2D eigenvalue weighted by Crippen LogP contribution is 2.30. The van der Waals surface area contributed by atoms with Crippen molar-refractivity contribution in [2.75, 3.05) is 11.6 Å². The van der Waals surface area contributed by atoms with Gasteiger partial charge < -0.3 is 10.3 Å². The van der Waals surface area contributed by atoms with Gasteiger partial charge in [0.05, 0.1) is 11.9 Å². The molecule has 0 radical (unpaired) electrons. The van der Waals surface area contributed by atoms with Gasteiger partial charge in [-0.3, -0.25) is 4.79 Å². The summed E-state index contributed by atoms with van der Waals surface area (Å²) < 4.78 is 25.6. The molecule has 3 aromatic rings. The van der Waals surface area contributed by atoms with Crippen LogP contribution in [0.1, 0.15) is 20.3 Å². The first-order valence-electron chi connectivity index (χ1n) is 8.44. The third kappa shape index (κ3) is 4.52. The Bertz CT molecular complexity index is 1060. The van der Waals surface area contributed by atoms with Gasteiger partial charge >= 0.3 is 0 Å². The number of pyridine rings is 1. The SMILES string of the molecule is CC[C@H](C)[C@H](NS(C)(=O)=O)C(=O)Nc1nc(-c2c[nH]c3ncccc23)cs1. The highest BCUT2D eigenvalue weighted by atomic mass is 32.2. The number of anilines is 1. The van der Waals surface area contributed by atoms with E-state index in [0.717, 1.165) is 22.9 Å². The Kier molecular flexibility index (Phi) is 5.59. The second-order valence-electron chi connectivity index (χ2n) is 6.38. The highest BCUT2D eigenvalue weighted by Gasteiger charge is 2.27. The monoisotopic (exact) mass is 407 g/mol. The van der Waals surface area contributed by atoms with Gasteiger partial charge in [-0.15, -0.1) is 11.3 Å². The summed E-state index contributed by atoms with van der Waals surface area (Å²) in [6.07, 6.45) is 5.24. The van der Waals surface area contributed by atoms with Gasteiger partial charge in [0.1, 0.15) is 11.7 Å². The summed E-state index contributed by atoms with van der Waals surface area (Å²) in [7, 11) is -3.51. The van der Waals surface area contributed by atoms with Crippen LogP contribution in [-0.2, 0) is 14.8 Å². The molecule has 0 fully saturated rings. The molecule has 0 spiro atoms. The van der Waals surface area contributed by atoms with E-state index in [-0.39, 0.29) is 5.92 Å². The molecule has 0 aromatic carbocycles. The van der Waals surface area contributed by atoms with Crippen molar-refractivity contribution in [3.8, 4) is 11.3 Å². The molecule has 144 valence electrons. The van der Waals surface area contributed by atoms with Gasteiger partial charge in [0.15, 0.2) is 5.13 Å². The van der Waals surface area contributed by atoms with Crippen molar-refractivity contribution in [1.82, 2.24) is 19.7 Å². The molecule has 3 N–H and O–H groups in total. The first kappa shape index (κ1) is 19.5. The van der Waals surface area contributed by atoms with Crippen molar-refractivity contribution in [3.05, 3.63) is 29.9 Å². The van der Waals surface area contributed by atoms with E-state index in [1.54, 1.807) is 6.20 Å². The molecule has 0 aliphatic carbocycles. The maximum atomic E-state index is 12.6. The number of carbonyl (C=O) groups excluding carboxylic acids is 1. The van der Waals surface area contributed by atoms with Crippen LogP contribution in [0, 0.1) is 5.92 Å². The van der Waals surface area contributed by atoms with E-state index in [1.807, 2.05) is 37.6 Å². The number of amides is 1. The molecule has 0 saturated carbocycles. The third-order valence-corrected chi connectivity index (χ3v) is 5.74. The lowest BCUT2D eigenvalue weighted by molar-refractivity contribution is -0.118. The number of sulfonamides is 1. The van der Waals surface area contributed by atoms with Gasteiger partial charge in [0.2, 0.25) is 15.9 Å². The molecule has 0 aliphatic heterocycles. The number of H-pyrrole nitrogens is 1. The Balaban J connectivity index is 1.81. The van der Waals surface area contributed by atoms with Crippen LogP contribution in [0.4, 0.5) is 5.13 Å². The number of hydrogen-bond acceptors (Lipinski definition) is 6. The predicted molar refractivity (Wildman–Crippen MR) is 107 cm³/mol. The Morgan fingerprint density at radius 2 is 2.19 bits per heavy atom. The van der Waals surface area contributed by atoms with Gasteiger partial charge in [-0.05, 0) is 18.1 Å². The minimum atomic E-state index is -3.51. The molecule has 2 atom stereocenters. The van der Waals surface area contributed by atoms with E-state index in [1.165, 1.54) is 11.3 Å². The van der Waals surface area contributed by atoms with Crippen LogP contribution in [0.2, 0.25) is 0 Å². The smallest absolute Gasteiger partial charge is 0.244 e. The Labute approximate surface area is 161 Å². The van der Waals surface area contributed by atoms with Crippen molar-refractivity contribution in [2.45, 2.75) is 26.3 Å². The van der Waals surface area contributed by atoms with E-state index in [9.17, 15) is 13.2 Å². The fraction of sp³-hybridized carbons (Fsp3) is 0.353. The van der Waals surface area contributed by atoms with Crippen molar-refractivity contribution in [1.29, 1.82) is 0 Å². The van der Waals surface area contributed by atoms with Gasteiger partial charge in [-0.2, -0.15) is 0 Å². The number of thiazole rings is 1. The van der Waals surface area contributed by atoms with E-state index in [4.69, 9.17) is 0 Å². The molecule has 3 aromatic heterocycles. The second-order valence-corrected chi connectivity index (χ2v) is 9.02. The number of hydrogen-bond donors (Lipinski definition) is 3. The summed E-state index contributed by atoms with van der Waals surface area (Å²) in [6.45, 7) is 3.73. The maximum absolute atomic E-state index is 12.6. The lowest BCUT2D eigenvalue weighted by atomic mass is 9.99. The molecule has 0 bridgehead atoms. The van der Waals surface area contributed by atoms with Gasteiger partial charge in [0.25, 0.3) is 0 Å². The Hall–Kier alpha value is -2.30. The summed E-state index contributed by atoms with van der Waals surface area (Å²) >= 11 is 1.28. The van der Waals surface area contributed by atoms with E-state index < -0.39 is 22.0 Å². The summed E-state index contributed by atoms with van der Waals surface area (Å²) in [5, 5.41) is 5.92. The van der Waals surface area contributed by atoms with E-state index in [2.05, 4.69) is 25.0 Å². The van der Waals surface area contributed by atoms with Crippen LogP contribution in [-0.4, -0.2) is 41.6 Å². The first-order valence-corrected chi connectivity index (χ1v) is 11.2. The minimum absolute atomic E-state index is 0.154. The molecular formula is C17H21N5O3S2. The van der Waals surface area contributed by atoms with Crippen molar-refractivity contribution >= 4 is 43.4 Å². The molecule has 0 unspecified atom stereocenters. The van der Waals surface area contributed by atoms with Crippen LogP contribution in [0.25, 0.3) is 22.3 Å². The van der Waals surface area contributed by atoms with Gasteiger partial charge in [0, 0.05) is 28.7 Å². The van der Waals surface area contributed by atoms with Gasteiger partial charge in [-0.1, -0.05) is 20.3 Å². The zero-order valence-electron chi connectivity index (χ0n) is 15.2. The minimum Gasteiger partial charge on any atom is -0.345 e. The molecule has 0 aliphatic rings. The van der Waals surface area contributed by atoms with Gasteiger partial charge in [-0.25, -0.2) is 23.1 Å².